The summed E-state index contributed by atoms with van der Waals surface area (Å²) >= 11 is 5.97. The van der Waals surface area contributed by atoms with Crippen molar-refractivity contribution >= 4 is 22.9 Å². The van der Waals surface area contributed by atoms with Crippen molar-refractivity contribution in [2.75, 3.05) is 5.32 Å². The molecule has 114 valence electrons. The van der Waals surface area contributed by atoms with Gasteiger partial charge in [0.2, 0.25) is 0 Å². The van der Waals surface area contributed by atoms with Crippen molar-refractivity contribution in [3.8, 4) is 0 Å². The lowest BCUT2D eigenvalue weighted by Gasteiger charge is -2.14. The molecule has 0 saturated carbocycles. The maximum absolute atomic E-state index is 5.97. The highest BCUT2D eigenvalue weighted by atomic mass is 35.5. The maximum Gasteiger partial charge on any atom is 0.0422 e. The summed E-state index contributed by atoms with van der Waals surface area (Å²) in [5.41, 5.74) is 5.49. The third-order valence-corrected chi connectivity index (χ3v) is 4.02. The van der Waals surface area contributed by atoms with Gasteiger partial charge in [0.1, 0.15) is 0 Å². The van der Waals surface area contributed by atoms with Crippen LogP contribution in [0.15, 0.2) is 85.4 Å². The van der Waals surface area contributed by atoms with Crippen molar-refractivity contribution < 1.29 is 0 Å². The van der Waals surface area contributed by atoms with Crippen LogP contribution in [0.5, 0.6) is 0 Å². The molecule has 0 unspecified atom stereocenters. The van der Waals surface area contributed by atoms with E-state index in [9.17, 15) is 0 Å². The van der Waals surface area contributed by atoms with Crippen molar-refractivity contribution in [1.82, 2.24) is 0 Å². The second-order valence-electron chi connectivity index (χ2n) is 5.37. The van der Waals surface area contributed by atoms with E-state index >= 15 is 0 Å². The third kappa shape index (κ3) is 3.82. The molecule has 2 heteroatoms. The lowest BCUT2D eigenvalue weighted by molar-refractivity contribution is 1.15. The highest BCUT2D eigenvalue weighted by Crippen LogP contribution is 2.29. The number of halogens is 1. The van der Waals surface area contributed by atoms with Crippen LogP contribution in [0.3, 0.4) is 0 Å². The first-order chi connectivity index (χ1) is 11.2. The molecule has 0 saturated heterocycles. The SMILES string of the molecule is C=C(c1ccc(Cl)cc1)c1ccccc1NCc1ccccc1. The van der Waals surface area contributed by atoms with Gasteiger partial charge in [-0.05, 0) is 34.9 Å². The van der Waals surface area contributed by atoms with Gasteiger partial charge in [-0.25, -0.2) is 0 Å². The average Bonchev–Trinajstić information content (AvgIpc) is 2.61. The zero-order valence-corrected chi connectivity index (χ0v) is 13.6. The van der Waals surface area contributed by atoms with E-state index < -0.39 is 0 Å². The minimum Gasteiger partial charge on any atom is -0.380 e. The van der Waals surface area contributed by atoms with Crippen molar-refractivity contribution in [2.45, 2.75) is 6.54 Å². The number of rotatable bonds is 5. The monoisotopic (exact) mass is 319 g/mol. The standard InChI is InChI=1S/C21H18ClN/c1-16(18-11-13-19(22)14-12-18)20-9-5-6-10-21(20)23-15-17-7-3-2-4-8-17/h2-14,23H,1,15H2. The molecule has 0 aromatic heterocycles. The Labute approximate surface area is 142 Å². The molecule has 3 rings (SSSR count). The van der Waals surface area contributed by atoms with Gasteiger partial charge in [-0.15, -0.1) is 0 Å². The van der Waals surface area contributed by atoms with Crippen LogP contribution >= 0.6 is 11.6 Å². The van der Waals surface area contributed by atoms with Gasteiger partial charge < -0.3 is 5.32 Å². The molecule has 0 radical (unpaired) electrons. The minimum atomic E-state index is 0.733. The molecule has 1 nitrogen and oxygen atoms in total. The maximum atomic E-state index is 5.97. The van der Waals surface area contributed by atoms with Crippen molar-refractivity contribution in [3.05, 3.63) is 107 Å². The van der Waals surface area contributed by atoms with Gasteiger partial charge in [0.25, 0.3) is 0 Å². The predicted molar refractivity (Wildman–Crippen MR) is 99.8 cm³/mol. The van der Waals surface area contributed by atoms with E-state index in [2.05, 4.69) is 48.3 Å². The molecular weight excluding hydrogens is 302 g/mol. The number of hydrogen-bond donors (Lipinski definition) is 1. The zero-order chi connectivity index (χ0) is 16.1. The Bertz CT molecular complexity index is 792. The molecule has 0 amide bonds. The van der Waals surface area contributed by atoms with Crippen LogP contribution in [-0.4, -0.2) is 0 Å². The molecule has 0 aliphatic rings. The molecule has 0 heterocycles. The van der Waals surface area contributed by atoms with E-state index in [4.69, 9.17) is 11.6 Å². The summed E-state index contributed by atoms with van der Waals surface area (Å²) in [6.45, 7) is 5.04. The smallest absolute Gasteiger partial charge is 0.0422 e. The van der Waals surface area contributed by atoms with Crippen LogP contribution < -0.4 is 5.32 Å². The average molecular weight is 320 g/mol. The highest BCUT2D eigenvalue weighted by molar-refractivity contribution is 6.30. The molecule has 0 spiro atoms. The molecule has 23 heavy (non-hydrogen) atoms. The van der Waals surface area contributed by atoms with Crippen LogP contribution in [-0.2, 0) is 6.54 Å². The van der Waals surface area contributed by atoms with Gasteiger partial charge >= 0.3 is 0 Å². The summed E-state index contributed by atoms with van der Waals surface area (Å²) in [6.07, 6.45) is 0. The fourth-order valence-corrected chi connectivity index (χ4v) is 2.63. The van der Waals surface area contributed by atoms with E-state index in [-0.39, 0.29) is 0 Å². The molecule has 0 aliphatic carbocycles. The molecule has 0 atom stereocenters. The van der Waals surface area contributed by atoms with Crippen LogP contribution in [0.4, 0.5) is 5.69 Å². The first-order valence-corrected chi connectivity index (χ1v) is 7.94. The molecule has 3 aromatic rings. The van der Waals surface area contributed by atoms with Crippen molar-refractivity contribution in [3.63, 3.8) is 0 Å². The van der Waals surface area contributed by atoms with E-state index in [1.54, 1.807) is 0 Å². The Kier molecular flexibility index (Phi) is 4.80. The molecule has 0 aliphatic heterocycles. The second-order valence-corrected chi connectivity index (χ2v) is 5.81. The third-order valence-electron chi connectivity index (χ3n) is 3.77. The predicted octanol–water partition coefficient (Wildman–Crippen LogP) is 6.01. The quantitative estimate of drug-likeness (QED) is 0.607. The fraction of sp³-hybridized carbons (Fsp3) is 0.0476. The highest BCUT2D eigenvalue weighted by Gasteiger charge is 2.07. The summed E-state index contributed by atoms with van der Waals surface area (Å²) in [4.78, 5) is 0. The van der Waals surface area contributed by atoms with E-state index in [0.29, 0.717) is 0 Å². The number of nitrogens with one attached hydrogen (secondary N) is 1. The van der Waals surface area contributed by atoms with Crippen molar-refractivity contribution in [2.24, 2.45) is 0 Å². The zero-order valence-electron chi connectivity index (χ0n) is 12.8. The van der Waals surface area contributed by atoms with Crippen LogP contribution in [0, 0.1) is 0 Å². The van der Waals surface area contributed by atoms with Gasteiger partial charge in [-0.2, -0.15) is 0 Å². The Hall–Kier alpha value is -2.51. The van der Waals surface area contributed by atoms with Gasteiger partial charge in [0, 0.05) is 22.8 Å². The lowest BCUT2D eigenvalue weighted by atomic mass is 9.98. The van der Waals surface area contributed by atoms with Crippen LogP contribution in [0.2, 0.25) is 5.02 Å². The minimum absolute atomic E-state index is 0.733. The summed E-state index contributed by atoms with van der Waals surface area (Å²) in [6, 6.07) is 26.4. The second kappa shape index (κ2) is 7.17. The Morgan fingerprint density at radius 3 is 2.22 bits per heavy atom. The largest absolute Gasteiger partial charge is 0.380 e. The van der Waals surface area contributed by atoms with E-state index in [0.717, 1.165) is 34.0 Å². The van der Waals surface area contributed by atoms with Crippen LogP contribution in [0.25, 0.3) is 5.57 Å². The Morgan fingerprint density at radius 2 is 1.48 bits per heavy atom. The van der Waals surface area contributed by atoms with Gasteiger partial charge in [0.15, 0.2) is 0 Å². The fourth-order valence-electron chi connectivity index (χ4n) is 2.50. The number of benzene rings is 3. The number of para-hydroxylation sites is 1. The molecule has 3 aromatic carbocycles. The number of anilines is 1. The first-order valence-electron chi connectivity index (χ1n) is 7.56. The summed E-state index contributed by atoms with van der Waals surface area (Å²) in [5, 5.41) is 4.24. The molecule has 1 N–H and O–H groups in total. The summed E-state index contributed by atoms with van der Waals surface area (Å²) in [7, 11) is 0. The molecular formula is C21H18ClN. The van der Waals surface area contributed by atoms with E-state index in [1.165, 1.54) is 5.56 Å². The van der Waals surface area contributed by atoms with Gasteiger partial charge in [0.05, 0.1) is 0 Å². The first kappa shape index (κ1) is 15.4. The molecule has 0 bridgehead atoms. The van der Waals surface area contributed by atoms with Crippen LogP contribution in [0.1, 0.15) is 16.7 Å². The summed E-state index contributed by atoms with van der Waals surface area (Å²) in [5.74, 6) is 0. The van der Waals surface area contributed by atoms with Crippen molar-refractivity contribution in [1.29, 1.82) is 0 Å². The Morgan fingerprint density at radius 1 is 0.826 bits per heavy atom. The lowest BCUT2D eigenvalue weighted by Crippen LogP contribution is -2.02. The topological polar surface area (TPSA) is 12.0 Å². The summed E-state index contributed by atoms with van der Waals surface area (Å²) < 4.78 is 0. The molecule has 0 fully saturated rings. The van der Waals surface area contributed by atoms with E-state index in [1.807, 2.05) is 42.5 Å². The van der Waals surface area contributed by atoms with Gasteiger partial charge in [-0.3, -0.25) is 0 Å². The number of hydrogen-bond acceptors (Lipinski definition) is 1. The Balaban J connectivity index is 1.82. The normalized spacial score (nSPS) is 10.3. The van der Waals surface area contributed by atoms with Gasteiger partial charge in [-0.1, -0.05) is 78.8 Å².